The normalized spacial score (nSPS) is 20.5. The molecule has 1 aliphatic rings. The second-order valence-electron chi connectivity index (χ2n) is 3.81. The predicted molar refractivity (Wildman–Crippen MR) is 60.1 cm³/mol. The molecule has 0 aromatic heterocycles. The van der Waals surface area contributed by atoms with Crippen molar-refractivity contribution in [1.29, 1.82) is 0 Å². The first kappa shape index (κ1) is 10.1. The molecule has 2 nitrogen and oxygen atoms in total. The van der Waals surface area contributed by atoms with Gasteiger partial charge in [-0.2, -0.15) is 0 Å². The van der Waals surface area contributed by atoms with E-state index in [4.69, 9.17) is 0 Å². The average molecular weight is 256 g/mol. The number of nitrogens with zero attached hydrogens (tertiary/aromatic N) is 1. The van der Waals surface area contributed by atoms with Crippen molar-refractivity contribution in [3.05, 3.63) is 34.3 Å². The molecule has 1 atom stereocenters. The van der Waals surface area contributed by atoms with Gasteiger partial charge in [0.25, 0.3) is 0 Å². The Morgan fingerprint density at radius 2 is 2.07 bits per heavy atom. The van der Waals surface area contributed by atoms with Crippen LogP contribution in [0.1, 0.15) is 18.5 Å². The summed E-state index contributed by atoms with van der Waals surface area (Å²) in [6.45, 7) is 3.76. The van der Waals surface area contributed by atoms with Crippen LogP contribution in [0.2, 0.25) is 0 Å². The Morgan fingerprint density at radius 3 is 2.64 bits per heavy atom. The second-order valence-corrected chi connectivity index (χ2v) is 4.66. The van der Waals surface area contributed by atoms with Crippen LogP contribution in [0.15, 0.2) is 28.7 Å². The Kier molecular flexibility index (Phi) is 2.91. The summed E-state index contributed by atoms with van der Waals surface area (Å²) < 4.78 is 1.15. The summed E-state index contributed by atoms with van der Waals surface area (Å²) in [6, 6.07) is 8.63. The van der Waals surface area contributed by atoms with Gasteiger partial charge in [-0.05, 0) is 18.6 Å². The van der Waals surface area contributed by atoms with Crippen molar-refractivity contribution in [3.63, 3.8) is 0 Å². The molecule has 1 N–H and O–H groups in total. The van der Waals surface area contributed by atoms with Crippen LogP contribution in [0, 0.1) is 0 Å². The fourth-order valence-corrected chi connectivity index (χ4v) is 2.43. The van der Waals surface area contributed by atoms with Crippen molar-refractivity contribution in [3.8, 4) is 0 Å². The molecule has 1 aromatic carbocycles. The standard InChI is InChI=1S/C11H14BrNO/c1-8(13-6-9(14)7-13)10-4-2-3-5-11(10)12/h2-5,8-9,14H,6-7H2,1H3/t8-/m1/s1. The Morgan fingerprint density at radius 1 is 1.43 bits per heavy atom. The van der Waals surface area contributed by atoms with Gasteiger partial charge in [-0.3, -0.25) is 4.90 Å². The van der Waals surface area contributed by atoms with Crippen molar-refractivity contribution in [2.24, 2.45) is 0 Å². The number of β-amino-alcohol motifs (C(OH)–C–C–N with tert-alkyl or cyclic N) is 1. The molecule has 1 aliphatic heterocycles. The molecule has 76 valence electrons. The van der Waals surface area contributed by atoms with Crippen LogP contribution < -0.4 is 0 Å². The summed E-state index contributed by atoms with van der Waals surface area (Å²) in [5, 5.41) is 9.23. The molecule has 14 heavy (non-hydrogen) atoms. The highest BCUT2D eigenvalue weighted by atomic mass is 79.9. The third kappa shape index (κ3) is 1.85. The lowest BCUT2D eigenvalue weighted by atomic mass is 10.0. The van der Waals surface area contributed by atoms with Gasteiger partial charge >= 0.3 is 0 Å². The van der Waals surface area contributed by atoms with Crippen LogP contribution in [-0.2, 0) is 0 Å². The maximum absolute atomic E-state index is 9.23. The highest BCUT2D eigenvalue weighted by Gasteiger charge is 2.29. The first-order chi connectivity index (χ1) is 6.68. The minimum absolute atomic E-state index is 0.125. The zero-order chi connectivity index (χ0) is 10.1. The Labute approximate surface area is 92.7 Å². The molecule has 2 rings (SSSR count). The molecule has 0 unspecified atom stereocenters. The minimum Gasteiger partial charge on any atom is -0.390 e. The summed E-state index contributed by atoms with van der Waals surface area (Å²) in [7, 11) is 0. The molecule has 3 heteroatoms. The van der Waals surface area contributed by atoms with E-state index >= 15 is 0 Å². The quantitative estimate of drug-likeness (QED) is 0.876. The predicted octanol–water partition coefficient (Wildman–Crippen LogP) is 2.19. The average Bonchev–Trinajstić information content (AvgIpc) is 2.13. The molecule has 0 aliphatic carbocycles. The van der Waals surface area contributed by atoms with Crippen LogP contribution in [-0.4, -0.2) is 29.2 Å². The van der Waals surface area contributed by atoms with Crippen LogP contribution in [0.5, 0.6) is 0 Å². The Hall–Kier alpha value is -0.380. The van der Waals surface area contributed by atoms with Crippen LogP contribution in [0.25, 0.3) is 0 Å². The molecule has 0 radical (unpaired) electrons. The first-order valence-corrected chi connectivity index (χ1v) is 5.64. The number of hydrogen-bond donors (Lipinski definition) is 1. The van der Waals surface area contributed by atoms with E-state index in [2.05, 4.69) is 39.9 Å². The molecular formula is C11H14BrNO. The fraction of sp³-hybridized carbons (Fsp3) is 0.455. The number of hydrogen-bond acceptors (Lipinski definition) is 2. The molecule has 1 saturated heterocycles. The monoisotopic (exact) mass is 255 g/mol. The summed E-state index contributed by atoms with van der Waals surface area (Å²) in [5.41, 5.74) is 1.29. The summed E-state index contributed by atoms with van der Waals surface area (Å²) in [5.74, 6) is 0. The molecule has 0 spiro atoms. The smallest absolute Gasteiger partial charge is 0.0794 e. The lowest BCUT2D eigenvalue weighted by molar-refractivity contribution is -0.0212. The molecule has 0 amide bonds. The molecule has 1 heterocycles. The van der Waals surface area contributed by atoms with Gasteiger partial charge in [0.05, 0.1) is 6.10 Å². The second kappa shape index (κ2) is 4.01. The van der Waals surface area contributed by atoms with Gasteiger partial charge in [0.15, 0.2) is 0 Å². The number of aliphatic hydroxyl groups excluding tert-OH is 1. The van der Waals surface area contributed by atoms with E-state index in [-0.39, 0.29) is 6.10 Å². The van der Waals surface area contributed by atoms with Gasteiger partial charge in [-0.25, -0.2) is 0 Å². The number of aliphatic hydroxyl groups is 1. The van der Waals surface area contributed by atoms with Crippen LogP contribution in [0.3, 0.4) is 0 Å². The van der Waals surface area contributed by atoms with E-state index < -0.39 is 0 Å². The Balaban J connectivity index is 2.11. The van der Waals surface area contributed by atoms with Gasteiger partial charge in [-0.15, -0.1) is 0 Å². The maximum Gasteiger partial charge on any atom is 0.0794 e. The zero-order valence-corrected chi connectivity index (χ0v) is 9.74. The molecule has 1 aromatic rings. The van der Waals surface area contributed by atoms with E-state index in [0.29, 0.717) is 6.04 Å². The van der Waals surface area contributed by atoms with Crippen molar-refractivity contribution < 1.29 is 5.11 Å². The van der Waals surface area contributed by atoms with E-state index in [0.717, 1.165) is 17.6 Å². The first-order valence-electron chi connectivity index (χ1n) is 4.85. The Bertz CT molecular complexity index is 323. The van der Waals surface area contributed by atoms with Gasteiger partial charge in [0, 0.05) is 23.6 Å². The summed E-state index contributed by atoms with van der Waals surface area (Å²) in [6.07, 6.45) is -0.125. The highest BCUT2D eigenvalue weighted by Crippen LogP contribution is 2.30. The number of rotatable bonds is 2. The van der Waals surface area contributed by atoms with E-state index in [1.165, 1.54) is 5.56 Å². The SMILES string of the molecule is C[C@H](c1ccccc1Br)N1CC(O)C1. The third-order valence-corrected chi connectivity index (χ3v) is 3.52. The van der Waals surface area contributed by atoms with Crippen molar-refractivity contribution in [2.75, 3.05) is 13.1 Å². The minimum atomic E-state index is -0.125. The van der Waals surface area contributed by atoms with E-state index in [1.54, 1.807) is 0 Å². The largest absolute Gasteiger partial charge is 0.390 e. The van der Waals surface area contributed by atoms with Crippen LogP contribution in [0.4, 0.5) is 0 Å². The van der Waals surface area contributed by atoms with Crippen molar-refractivity contribution in [1.82, 2.24) is 4.90 Å². The van der Waals surface area contributed by atoms with Crippen molar-refractivity contribution in [2.45, 2.75) is 19.1 Å². The molecule has 1 fully saturated rings. The molecular weight excluding hydrogens is 242 g/mol. The van der Waals surface area contributed by atoms with Crippen molar-refractivity contribution >= 4 is 15.9 Å². The molecule has 0 saturated carbocycles. The number of benzene rings is 1. The van der Waals surface area contributed by atoms with E-state index in [1.807, 2.05) is 12.1 Å². The summed E-state index contributed by atoms with van der Waals surface area (Å²) >= 11 is 3.54. The van der Waals surface area contributed by atoms with Gasteiger partial charge in [0.1, 0.15) is 0 Å². The number of likely N-dealkylation sites (tertiary alicyclic amines) is 1. The maximum atomic E-state index is 9.23. The van der Waals surface area contributed by atoms with Crippen LogP contribution >= 0.6 is 15.9 Å². The zero-order valence-electron chi connectivity index (χ0n) is 8.15. The fourth-order valence-electron chi connectivity index (χ4n) is 1.81. The lowest BCUT2D eigenvalue weighted by Gasteiger charge is -2.40. The van der Waals surface area contributed by atoms with Gasteiger partial charge in [0.2, 0.25) is 0 Å². The lowest BCUT2D eigenvalue weighted by Crippen LogP contribution is -2.51. The van der Waals surface area contributed by atoms with Gasteiger partial charge < -0.3 is 5.11 Å². The van der Waals surface area contributed by atoms with Gasteiger partial charge in [-0.1, -0.05) is 34.1 Å². The molecule has 0 bridgehead atoms. The topological polar surface area (TPSA) is 23.5 Å². The third-order valence-electron chi connectivity index (χ3n) is 2.79. The highest BCUT2D eigenvalue weighted by molar-refractivity contribution is 9.10. The summed E-state index contributed by atoms with van der Waals surface area (Å²) in [4.78, 5) is 2.27. The van der Waals surface area contributed by atoms with E-state index in [9.17, 15) is 5.11 Å². The number of halogens is 1.